The summed E-state index contributed by atoms with van der Waals surface area (Å²) in [5.41, 5.74) is -3.04. The Morgan fingerprint density at radius 2 is 2.04 bits per heavy atom. The third kappa shape index (κ3) is 3.74. The zero-order valence-electron chi connectivity index (χ0n) is 13.4. The van der Waals surface area contributed by atoms with Crippen LogP contribution in [0.25, 0.3) is 10.9 Å². The third-order valence-electron chi connectivity index (χ3n) is 3.76. The molecule has 136 valence electrons. The van der Waals surface area contributed by atoms with Gasteiger partial charge in [0, 0.05) is 12.1 Å². The van der Waals surface area contributed by atoms with E-state index in [9.17, 15) is 27.9 Å². The van der Waals surface area contributed by atoms with Gasteiger partial charge in [0.15, 0.2) is 10.4 Å². The van der Waals surface area contributed by atoms with Gasteiger partial charge in [-0.2, -0.15) is 13.2 Å². The minimum atomic E-state index is -4.88. The van der Waals surface area contributed by atoms with Crippen molar-refractivity contribution in [1.82, 2.24) is 14.9 Å². The van der Waals surface area contributed by atoms with Gasteiger partial charge in [0.05, 0.1) is 17.4 Å². The van der Waals surface area contributed by atoms with E-state index >= 15 is 0 Å². The number of benzene rings is 1. The fourth-order valence-corrected chi connectivity index (χ4v) is 2.46. The number of H-pyrrole nitrogens is 1. The molecule has 0 aliphatic carbocycles. The van der Waals surface area contributed by atoms with Crippen molar-refractivity contribution >= 4 is 29.0 Å². The lowest BCUT2D eigenvalue weighted by molar-refractivity contribution is -0.249. The highest BCUT2D eigenvalue weighted by Gasteiger charge is 2.49. The highest BCUT2D eigenvalue weighted by molar-refractivity contribution is 7.71. The van der Waals surface area contributed by atoms with Gasteiger partial charge in [-0.25, -0.2) is 0 Å². The maximum atomic E-state index is 12.6. The van der Waals surface area contributed by atoms with Crippen LogP contribution in [0.2, 0.25) is 0 Å². The fraction of sp³-hybridized carbons (Fsp3) is 0.400. The molecule has 10 heteroatoms. The Morgan fingerprint density at radius 3 is 2.60 bits per heavy atom. The molecule has 3 N–H and O–H groups in total. The number of nitrogens with one attached hydrogen (secondary N) is 2. The van der Waals surface area contributed by atoms with Crippen LogP contribution in [0.5, 0.6) is 0 Å². The molecule has 2 rings (SSSR count). The summed E-state index contributed by atoms with van der Waals surface area (Å²) in [4.78, 5) is 27.1. The van der Waals surface area contributed by atoms with Crippen molar-refractivity contribution in [2.24, 2.45) is 0 Å². The summed E-state index contributed by atoms with van der Waals surface area (Å²) in [7, 11) is 0. The smallest absolute Gasteiger partial charge is 0.379 e. The summed E-state index contributed by atoms with van der Waals surface area (Å²) in [6, 6.07) is 4.04. The molecular formula is C15H16F3N3O3S. The quantitative estimate of drug-likeness (QED) is 0.715. The van der Waals surface area contributed by atoms with E-state index in [1.165, 1.54) is 22.8 Å². The Labute approximate surface area is 145 Å². The number of hydrogen-bond acceptors (Lipinski definition) is 4. The average Bonchev–Trinajstić information content (AvgIpc) is 2.51. The third-order valence-corrected chi connectivity index (χ3v) is 4.09. The van der Waals surface area contributed by atoms with Gasteiger partial charge in [-0.05, 0) is 44.3 Å². The molecule has 1 aromatic heterocycles. The lowest BCUT2D eigenvalue weighted by Crippen LogP contribution is -2.51. The number of alkyl halides is 3. The Bertz CT molecular complexity index is 931. The summed E-state index contributed by atoms with van der Waals surface area (Å²) < 4.78 is 39.3. The highest BCUT2D eigenvalue weighted by Crippen LogP contribution is 2.29. The van der Waals surface area contributed by atoms with Gasteiger partial charge in [-0.1, -0.05) is 0 Å². The van der Waals surface area contributed by atoms with Crippen LogP contribution < -0.4 is 10.9 Å². The number of amides is 1. The molecule has 0 saturated carbocycles. The zero-order chi connectivity index (χ0) is 19.0. The molecule has 6 nitrogen and oxygen atoms in total. The minimum absolute atomic E-state index is 0.0322. The molecule has 0 fully saturated rings. The molecule has 0 unspecified atom stereocenters. The minimum Gasteiger partial charge on any atom is -0.379 e. The number of hydrogen-bond donors (Lipinski definition) is 3. The molecule has 1 atom stereocenters. The SMILES string of the molecule is CCn1c(=S)[nH]c2cc(C(=O)NC[C@](C)(O)C(F)(F)F)ccc2c1=O. The molecule has 1 heterocycles. The van der Waals surface area contributed by atoms with E-state index in [4.69, 9.17) is 12.2 Å². The topological polar surface area (TPSA) is 87.1 Å². The van der Waals surface area contributed by atoms with Gasteiger partial charge in [-0.15, -0.1) is 0 Å². The number of nitrogens with zero attached hydrogens (tertiary/aromatic N) is 1. The van der Waals surface area contributed by atoms with Crippen LogP contribution in [0, 0.1) is 4.77 Å². The van der Waals surface area contributed by atoms with Crippen LogP contribution in [0.1, 0.15) is 24.2 Å². The van der Waals surface area contributed by atoms with Crippen LogP contribution in [-0.4, -0.2) is 38.9 Å². The predicted molar refractivity (Wildman–Crippen MR) is 88.1 cm³/mol. The van der Waals surface area contributed by atoms with Crippen LogP contribution in [-0.2, 0) is 6.54 Å². The number of carbonyl (C=O) groups excluding carboxylic acids is 1. The van der Waals surface area contributed by atoms with Gasteiger partial charge in [0.2, 0.25) is 0 Å². The number of aliphatic hydroxyl groups is 1. The second kappa shape index (κ2) is 6.60. The molecular weight excluding hydrogens is 359 g/mol. The summed E-state index contributed by atoms with van der Waals surface area (Å²) >= 11 is 5.06. The monoisotopic (exact) mass is 375 g/mol. The number of aromatic nitrogens is 2. The first-order valence-electron chi connectivity index (χ1n) is 7.32. The van der Waals surface area contributed by atoms with Crippen molar-refractivity contribution in [2.45, 2.75) is 32.2 Å². The molecule has 1 aromatic carbocycles. The fourth-order valence-electron chi connectivity index (χ4n) is 2.14. The molecule has 0 spiro atoms. The van der Waals surface area contributed by atoms with Gasteiger partial charge in [0.25, 0.3) is 11.5 Å². The first kappa shape index (κ1) is 19.1. The van der Waals surface area contributed by atoms with E-state index < -0.39 is 24.2 Å². The van der Waals surface area contributed by atoms with Crippen molar-refractivity contribution in [2.75, 3.05) is 6.54 Å². The Balaban J connectivity index is 2.32. The van der Waals surface area contributed by atoms with E-state index in [-0.39, 0.29) is 15.9 Å². The van der Waals surface area contributed by atoms with Crippen molar-refractivity contribution in [3.8, 4) is 0 Å². The first-order chi connectivity index (χ1) is 11.5. The van der Waals surface area contributed by atoms with Gasteiger partial charge in [0.1, 0.15) is 0 Å². The van der Waals surface area contributed by atoms with E-state index in [1.807, 2.05) is 5.32 Å². The zero-order valence-corrected chi connectivity index (χ0v) is 14.2. The second-order valence-electron chi connectivity index (χ2n) is 5.69. The number of fused-ring (bicyclic) bond motifs is 1. The van der Waals surface area contributed by atoms with E-state index in [2.05, 4.69) is 4.98 Å². The number of rotatable bonds is 4. The van der Waals surface area contributed by atoms with Crippen molar-refractivity contribution in [1.29, 1.82) is 0 Å². The highest BCUT2D eigenvalue weighted by atomic mass is 32.1. The van der Waals surface area contributed by atoms with Crippen molar-refractivity contribution < 1.29 is 23.1 Å². The molecule has 25 heavy (non-hydrogen) atoms. The molecule has 1 amide bonds. The normalized spacial score (nSPS) is 14.3. The second-order valence-corrected chi connectivity index (χ2v) is 6.08. The first-order valence-corrected chi connectivity index (χ1v) is 7.73. The maximum absolute atomic E-state index is 12.6. The summed E-state index contributed by atoms with van der Waals surface area (Å²) in [6.07, 6.45) is -4.88. The Hall–Kier alpha value is -2.20. The molecule has 0 saturated heterocycles. The van der Waals surface area contributed by atoms with Crippen LogP contribution in [0.4, 0.5) is 13.2 Å². The summed E-state index contributed by atoms with van der Waals surface area (Å²) in [6.45, 7) is 1.70. The largest absolute Gasteiger partial charge is 0.418 e. The maximum Gasteiger partial charge on any atom is 0.418 e. The number of carbonyl (C=O) groups is 1. The van der Waals surface area contributed by atoms with Crippen LogP contribution in [0.3, 0.4) is 0 Å². The van der Waals surface area contributed by atoms with Crippen molar-refractivity contribution in [3.05, 3.63) is 38.9 Å². The summed E-state index contributed by atoms with van der Waals surface area (Å²) in [5, 5.41) is 11.7. The number of halogens is 3. The van der Waals surface area contributed by atoms with E-state index in [0.29, 0.717) is 24.4 Å². The predicted octanol–water partition coefficient (Wildman–Crippen LogP) is 2.12. The van der Waals surface area contributed by atoms with Gasteiger partial charge in [-0.3, -0.25) is 14.2 Å². The van der Waals surface area contributed by atoms with E-state index in [0.717, 1.165) is 0 Å². The molecule has 0 radical (unpaired) electrons. The Kier molecular flexibility index (Phi) is 5.05. The lowest BCUT2D eigenvalue weighted by Gasteiger charge is -2.26. The van der Waals surface area contributed by atoms with Crippen LogP contribution in [0.15, 0.2) is 23.0 Å². The number of aromatic amines is 1. The Morgan fingerprint density at radius 1 is 1.40 bits per heavy atom. The molecule has 2 aromatic rings. The molecule has 0 bridgehead atoms. The van der Waals surface area contributed by atoms with E-state index in [1.54, 1.807) is 6.92 Å². The summed E-state index contributed by atoms with van der Waals surface area (Å²) in [5.74, 6) is -0.814. The van der Waals surface area contributed by atoms with Crippen LogP contribution >= 0.6 is 12.2 Å². The molecule has 0 aliphatic heterocycles. The van der Waals surface area contributed by atoms with Crippen molar-refractivity contribution in [3.63, 3.8) is 0 Å². The lowest BCUT2D eigenvalue weighted by atomic mass is 10.1. The average molecular weight is 375 g/mol. The van der Waals surface area contributed by atoms with Gasteiger partial charge >= 0.3 is 6.18 Å². The van der Waals surface area contributed by atoms with Gasteiger partial charge < -0.3 is 15.4 Å². The standard InChI is InChI=1S/C15H16F3N3O3S/c1-3-21-12(23)9-5-4-8(6-10(9)20-13(21)25)11(22)19-7-14(2,24)15(16,17)18/h4-6,24H,3,7H2,1-2H3,(H,19,22)(H,20,25)/t14-/m0/s1. The molecule has 0 aliphatic rings.